The first-order valence-corrected chi connectivity index (χ1v) is 5.47. The van der Waals surface area contributed by atoms with Crippen molar-refractivity contribution in [3.05, 3.63) is 71.3 Å². The fourth-order valence-corrected chi connectivity index (χ4v) is 1.87. The second kappa shape index (κ2) is 4.95. The molecule has 0 N–H and O–H groups in total. The smallest absolute Gasteiger partial charge is 0.252 e. The largest absolute Gasteiger partial charge is 0.276 e. The lowest BCUT2D eigenvalue weighted by Crippen LogP contribution is -1.98. The van der Waals surface area contributed by atoms with E-state index in [1.54, 1.807) is 6.07 Å². The van der Waals surface area contributed by atoms with Crippen LogP contribution in [-0.2, 0) is 6.42 Å². The SMILES string of the molecule is O=C(Cl)c1ccccc1Cc1ccccc1. The summed E-state index contributed by atoms with van der Waals surface area (Å²) in [5.74, 6) is 0. The molecule has 1 nitrogen and oxygen atoms in total. The zero-order valence-electron chi connectivity index (χ0n) is 8.69. The van der Waals surface area contributed by atoms with Gasteiger partial charge >= 0.3 is 0 Å². The van der Waals surface area contributed by atoms with Crippen molar-refractivity contribution >= 4 is 16.8 Å². The highest BCUT2D eigenvalue weighted by Gasteiger charge is 2.07. The highest BCUT2D eigenvalue weighted by Crippen LogP contribution is 2.16. The molecule has 0 spiro atoms. The van der Waals surface area contributed by atoms with Crippen molar-refractivity contribution in [2.45, 2.75) is 6.42 Å². The van der Waals surface area contributed by atoms with Gasteiger partial charge in [-0.05, 0) is 35.2 Å². The number of halogens is 1. The molecule has 0 bridgehead atoms. The van der Waals surface area contributed by atoms with Crippen molar-refractivity contribution in [1.29, 1.82) is 0 Å². The zero-order valence-corrected chi connectivity index (χ0v) is 9.45. The van der Waals surface area contributed by atoms with Crippen LogP contribution in [0.15, 0.2) is 54.6 Å². The third-order valence-electron chi connectivity index (χ3n) is 2.47. The van der Waals surface area contributed by atoms with Crippen LogP contribution in [0.5, 0.6) is 0 Å². The van der Waals surface area contributed by atoms with Gasteiger partial charge in [0.05, 0.1) is 0 Å². The zero-order chi connectivity index (χ0) is 11.4. The molecule has 0 saturated heterocycles. The fourth-order valence-electron chi connectivity index (χ4n) is 1.68. The maximum Gasteiger partial charge on any atom is 0.252 e. The van der Waals surface area contributed by atoms with E-state index < -0.39 is 5.24 Å². The van der Waals surface area contributed by atoms with Gasteiger partial charge in [0.25, 0.3) is 5.24 Å². The predicted molar refractivity (Wildman–Crippen MR) is 65.9 cm³/mol. The Kier molecular flexibility index (Phi) is 3.37. The van der Waals surface area contributed by atoms with Crippen molar-refractivity contribution in [3.63, 3.8) is 0 Å². The minimum atomic E-state index is -0.397. The molecule has 0 saturated carbocycles. The molecule has 2 aromatic rings. The van der Waals surface area contributed by atoms with Crippen molar-refractivity contribution in [3.8, 4) is 0 Å². The lowest BCUT2D eigenvalue weighted by molar-refractivity contribution is 0.108. The van der Waals surface area contributed by atoms with E-state index in [0.29, 0.717) is 5.56 Å². The number of hydrogen-bond acceptors (Lipinski definition) is 1. The molecule has 80 valence electrons. The van der Waals surface area contributed by atoms with Crippen molar-refractivity contribution in [2.24, 2.45) is 0 Å². The summed E-state index contributed by atoms with van der Waals surface area (Å²) in [4.78, 5) is 11.2. The minimum absolute atomic E-state index is 0.397. The van der Waals surface area contributed by atoms with Gasteiger partial charge in [-0.1, -0.05) is 48.5 Å². The Labute approximate surface area is 99.7 Å². The molecule has 0 amide bonds. The third-order valence-corrected chi connectivity index (χ3v) is 2.67. The summed E-state index contributed by atoms with van der Waals surface area (Å²) < 4.78 is 0. The average Bonchev–Trinajstić information content (AvgIpc) is 2.31. The average molecular weight is 231 g/mol. The fraction of sp³-hybridized carbons (Fsp3) is 0.0714. The Morgan fingerprint density at radius 2 is 1.56 bits per heavy atom. The number of carbonyl (C=O) groups is 1. The van der Waals surface area contributed by atoms with Gasteiger partial charge in [0, 0.05) is 5.56 Å². The Morgan fingerprint density at radius 3 is 2.25 bits per heavy atom. The van der Waals surface area contributed by atoms with E-state index in [9.17, 15) is 4.79 Å². The second-order valence-corrected chi connectivity index (χ2v) is 3.94. The van der Waals surface area contributed by atoms with E-state index in [1.165, 1.54) is 5.56 Å². The number of rotatable bonds is 3. The molecule has 0 heterocycles. The van der Waals surface area contributed by atoms with E-state index >= 15 is 0 Å². The summed E-state index contributed by atoms with van der Waals surface area (Å²) in [6.07, 6.45) is 0.732. The van der Waals surface area contributed by atoms with E-state index in [0.717, 1.165) is 12.0 Å². The van der Waals surface area contributed by atoms with Gasteiger partial charge in [-0.2, -0.15) is 0 Å². The van der Waals surface area contributed by atoms with Gasteiger partial charge in [-0.3, -0.25) is 4.79 Å². The first kappa shape index (κ1) is 10.9. The van der Waals surface area contributed by atoms with Crippen LogP contribution in [0.25, 0.3) is 0 Å². The van der Waals surface area contributed by atoms with Crippen LogP contribution in [-0.4, -0.2) is 5.24 Å². The molecule has 2 aromatic carbocycles. The summed E-state index contributed by atoms with van der Waals surface area (Å²) in [6.45, 7) is 0. The minimum Gasteiger partial charge on any atom is -0.276 e. The number of hydrogen-bond donors (Lipinski definition) is 0. The van der Waals surface area contributed by atoms with Crippen LogP contribution in [0.4, 0.5) is 0 Å². The molecule has 0 aromatic heterocycles. The second-order valence-electron chi connectivity index (χ2n) is 3.59. The van der Waals surface area contributed by atoms with E-state index in [2.05, 4.69) is 0 Å². The monoisotopic (exact) mass is 230 g/mol. The van der Waals surface area contributed by atoms with Crippen LogP contribution >= 0.6 is 11.6 Å². The van der Waals surface area contributed by atoms with Gasteiger partial charge < -0.3 is 0 Å². The van der Waals surface area contributed by atoms with Crippen molar-refractivity contribution in [2.75, 3.05) is 0 Å². The first-order chi connectivity index (χ1) is 7.77. The summed E-state index contributed by atoms with van der Waals surface area (Å²) in [6, 6.07) is 17.5. The van der Waals surface area contributed by atoms with Crippen LogP contribution in [0.1, 0.15) is 21.5 Å². The first-order valence-electron chi connectivity index (χ1n) is 5.09. The van der Waals surface area contributed by atoms with Gasteiger partial charge in [0.15, 0.2) is 0 Å². The lowest BCUT2D eigenvalue weighted by Gasteiger charge is -2.05. The molecule has 0 unspecified atom stereocenters. The Hall–Kier alpha value is -1.60. The highest BCUT2D eigenvalue weighted by molar-refractivity contribution is 6.67. The maximum absolute atomic E-state index is 11.2. The van der Waals surface area contributed by atoms with Gasteiger partial charge in [-0.15, -0.1) is 0 Å². The third kappa shape index (κ3) is 2.50. The topological polar surface area (TPSA) is 17.1 Å². The molecular weight excluding hydrogens is 220 g/mol. The molecule has 0 aliphatic carbocycles. The van der Waals surface area contributed by atoms with E-state index in [4.69, 9.17) is 11.6 Å². The molecule has 0 radical (unpaired) electrons. The van der Waals surface area contributed by atoms with Gasteiger partial charge in [-0.25, -0.2) is 0 Å². The van der Waals surface area contributed by atoms with Crippen LogP contribution < -0.4 is 0 Å². The van der Waals surface area contributed by atoms with Crippen molar-refractivity contribution in [1.82, 2.24) is 0 Å². The van der Waals surface area contributed by atoms with Gasteiger partial charge in [0.2, 0.25) is 0 Å². The molecule has 16 heavy (non-hydrogen) atoms. The summed E-state index contributed by atoms with van der Waals surface area (Å²) >= 11 is 5.54. The maximum atomic E-state index is 11.2. The normalized spacial score (nSPS) is 10.1. The molecule has 0 atom stereocenters. The van der Waals surface area contributed by atoms with Crippen molar-refractivity contribution < 1.29 is 4.79 Å². The highest BCUT2D eigenvalue weighted by atomic mass is 35.5. The number of benzene rings is 2. The quantitative estimate of drug-likeness (QED) is 0.736. The molecular formula is C14H11ClO. The molecule has 0 aliphatic rings. The summed E-state index contributed by atoms with van der Waals surface area (Å²) in [7, 11) is 0. The lowest BCUT2D eigenvalue weighted by atomic mass is 10.0. The van der Waals surface area contributed by atoms with Crippen LogP contribution in [0.2, 0.25) is 0 Å². The van der Waals surface area contributed by atoms with Crippen LogP contribution in [0.3, 0.4) is 0 Å². The van der Waals surface area contributed by atoms with Crippen LogP contribution in [0, 0.1) is 0 Å². The predicted octanol–water partition coefficient (Wildman–Crippen LogP) is 3.66. The molecule has 0 aliphatic heterocycles. The van der Waals surface area contributed by atoms with E-state index in [-0.39, 0.29) is 0 Å². The molecule has 0 fully saturated rings. The standard InChI is InChI=1S/C14H11ClO/c15-14(16)13-9-5-4-8-12(13)10-11-6-2-1-3-7-11/h1-9H,10H2. The Balaban J connectivity index is 2.31. The van der Waals surface area contributed by atoms with Gasteiger partial charge in [0.1, 0.15) is 0 Å². The Morgan fingerprint density at radius 1 is 0.938 bits per heavy atom. The summed E-state index contributed by atoms with van der Waals surface area (Å²) in [5.41, 5.74) is 2.73. The number of carbonyl (C=O) groups excluding carboxylic acids is 1. The van der Waals surface area contributed by atoms with E-state index in [1.807, 2.05) is 48.5 Å². The molecule has 2 heteroatoms. The summed E-state index contributed by atoms with van der Waals surface area (Å²) in [5, 5.41) is -0.397. The molecule has 2 rings (SSSR count). The Bertz CT molecular complexity index is 491.